The molecule has 2 N–H and O–H groups in total. The lowest BCUT2D eigenvalue weighted by Crippen LogP contribution is -1.90. The highest BCUT2D eigenvalue weighted by Gasteiger charge is 1.87. The molecule has 7 heavy (non-hydrogen) atoms. The first-order chi connectivity index (χ1) is 3.30. The van der Waals surface area contributed by atoms with Crippen LogP contribution in [-0.4, -0.2) is 9.07 Å². The van der Waals surface area contributed by atoms with Gasteiger partial charge in [0.25, 0.3) is 0 Å². The molecular weight excluding hydrogens is 114 g/mol. The molecule has 1 aromatic heterocycles. The van der Waals surface area contributed by atoms with Crippen LogP contribution in [0.15, 0.2) is 12.4 Å². The lowest BCUT2D eigenvalue weighted by molar-refractivity contribution is 1.23. The van der Waals surface area contributed by atoms with Gasteiger partial charge in [-0.3, -0.25) is 0 Å². The monoisotopic (exact) mass is 117 g/mol. The number of nitrogen functional groups attached to an aromatic ring is 1. The maximum Gasteiger partial charge on any atom is 0.215 e. The third kappa shape index (κ3) is 0.667. The average molecular weight is 118 g/mol. The van der Waals surface area contributed by atoms with Gasteiger partial charge in [-0.15, -0.1) is 0 Å². The van der Waals surface area contributed by atoms with E-state index in [9.17, 15) is 0 Å². The summed E-state index contributed by atoms with van der Waals surface area (Å²) in [7, 11) is 0. The van der Waals surface area contributed by atoms with Gasteiger partial charge in [0.2, 0.25) is 5.95 Å². The van der Waals surface area contributed by atoms with E-state index < -0.39 is 0 Å². The van der Waals surface area contributed by atoms with Crippen molar-refractivity contribution in [2.75, 3.05) is 5.73 Å². The summed E-state index contributed by atoms with van der Waals surface area (Å²) < 4.78 is 1.22. The summed E-state index contributed by atoms with van der Waals surface area (Å²) in [5.41, 5.74) is 5.16. The first-order valence-corrected chi connectivity index (χ1v) is 2.09. The third-order valence-corrected chi connectivity index (χ3v) is 0.909. The van der Waals surface area contributed by atoms with Crippen molar-refractivity contribution in [3.8, 4) is 0 Å². The number of hydrogen-bond donors (Lipinski definition) is 1. The molecule has 3 nitrogen and oxygen atoms in total. The van der Waals surface area contributed by atoms with Gasteiger partial charge in [0.1, 0.15) is 0 Å². The number of anilines is 1. The van der Waals surface area contributed by atoms with E-state index in [-0.39, 0.29) is 0 Å². The van der Waals surface area contributed by atoms with E-state index in [0.29, 0.717) is 5.95 Å². The Morgan fingerprint density at radius 1 is 1.86 bits per heavy atom. The predicted octanol–water partition coefficient (Wildman–Crippen LogP) is 0.467. The number of nitrogens with two attached hydrogens (primary N) is 1. The molecule has 0 aliphatic rings. The number of halogens is 1. The maximum absolute atomic E-state index is 5.35. The normalized spacial score (nSPS) is 9.29. The highest BCUT2D eigenvalue weighted by atomic mass is 35.5. The molecule has 4 heteroatoms. The second-order valence-corrected chi connectivity index (χ2v) is 1.46. The Bertz CT molecular complexity index is 142. The highest BCUT2D eigenvalue weighted by molar-refractivity contribution is 6.16. The molecular formula is C3H4ClN3. The van der Waals surface area contributed by atoms with E-state index in [4.69, 9.17) is 17.5 Å². The molecule has 0 fully saturated rings. The van der Waals surface area contributed by atoms with Crippen molar-refractivity contribution in [2.24, 2.45) is 0 Å². The number of aromatic nitrogens is 2. The number of rotatable bonds is 0. The van der Waals surface area contributed by atoms with E-state index in [1.165, 1.54) is 10.3 Å². The molecule has 0 saturated heterocycles. The van der Waals surface area contributed by atoms with Crippen molar-refractivity contribution in [3.05, 3.63) is 12.4 Å². The van der Waals surface area contributed by atoms with Crippen LogP contribution in [0, 0.1) is 0 Å². The highest BCUT2D eigenvalue weighted by Crippen LogP contribution is 1.97. The van der Waals surface area contributed by atoms with Crippen LogP contribution < -0.4 is 5.73 Å². The zero-order valence-electron chi connectivity index (χ0n) is 3.50. The second-order valence-electron chi connectivity index (χ2n) is 1.10. The van der Waals surface area contributed by atoms with Gasteiger partial charge in [-0.2, -0.15) is 0 Å². The van der Waals surface area contributed by atoms with Crippen LogP contribution >= 0.6 is 11.8 Å². The summed E-state index contributed by atoms with van der Waals surface area (Å²) in [5.74, 6) is 0.321. The molecule has 0 aromatic carbocycles. The first kappa shape index (κ1) is 4.46. The van der Waals surface area contributed by atoms with Crippen molar-refractivity contribution in [1.82, 2.24) is 9.07 Å². The van der Waals surface area contributed by atoms with Gasteiger partial charge in [0.15, 0.2) is 0 Å². The van der Waals surface area contributed by atoms with Gasteiger partial charge < -0.3 is 5.73 Å². The standard InChI is InChI=1S/C3H4ClN3/c4-7-2-1-6-3(7)5/h1-2H,(H2,5,6). The van der Waals surface area contributed by atoms with Crippen LogP contribution in [0.2, 0.25) is 0 Å². The summed E-state index contributed by atoms with van der Waals surface area (Å²) in [5, 5.41) is 0. The van der Waals surface area contributed by atoms with Gasteiger partial charge in [-0.25, -0.2) is 9.07 Å². The van der Waals surface area contributed by atoms with E-state index >= 15 is 0 Å². The van der Waals surface area contributed by atoms with Crippen LogP contribution in [0.3, 0.4) is 0 Å². The minimum Gasteiger partial charge on any atom is -0.368 e. The van der Waals surface area contributed by atoms with Gasteiger partial charge in [0, 0.05) is 24.2 Å². The van der Waals surface area contributed by atoms with Gasteiger partial charge in [-0.05, 0) is 0 Å². The average Bonchev–Trinajstić information content (AvgIpc) is 1.91. The fourth-order valence-electron chi connectivity index (χ4n) is 0.300. The molecule has 0 spiro atoms. The summed E-state index contributed by atoms with van der Waals surface area (Å²) in [4.78, 5) is 3.62. The molecule has 38 valence electrons. The molecule has 0 radical (unpaired) electrons. The Morgan fingerprint density at radius 2 is 2.57 bits per heavy atom. The summed E-state index contributed by atoms with van der Waals surface area (Å²) in [6.45, 7) is 0. The molecule has 0 aliphatic carbocycles. The molecule has 0 saturated carbocycles. The Hall–Kier alpha value is -0.700. The van der Waals surface area contributed by atoms with Crippen molar-refractivity contribution < 1.29 is 0 Å². The molecule has 0 atom stereocenters. The number of nitrogens with zero attached hydrogens (tertiary/aromatic N) is 2. The SMILES string of the molecule is Nc1nccn1Cl. The van der Waals surface area contributed by atoms with E-state index in [1.54, 1.807) is 6.20 Å². The van der Waals surface area contributed by atoms with Crippen molar-refractivity contribution in [1.29, 1.82) is 0 Å². The topological polar surface area (TPSA) is 43.8 Å². The Morgan fingerprint density at radius 3 is 2.71 bits per heavy atom. The lowest BCUT2D eigenvalue weighted by atomic mass is 11.0. The van der Waals surface area contributed by atoms with E-state index in [0.717, 1.165) is 0 Å². The van der Waals surface area contributed by atoms with Gasteiger partial charge in [0.05, 0.1) is 0 Å². The summed E-state index contributed by atoms with van der Waals surface area (Å²) in [6, 6.07) is 0. The number of imidazole rings is 1. The molecule has 1 rings (SSSR count). The maximum atomic E-state index is 5.35. The minimum absolute atomic E-state index is 0.321. The van der Waals surface area contributed by atoms with Crippen LogP contribution in [0.5, 0.6) is 0 Å². The fraction of sp³-hybridized carbons (Fsp3) is 0. The summed E-state index contributed by atoms with van der Waals surface area (Å²) >= 11 is 5.35. The first-order valence-electron chi connectivity index (χ1n) is 1.75. The van der Waals surface area contributed by atoms with Crippen LogP contribution in [0.4, 0.5) is 5.95 Å². The van der Waals surface area contributed by atoms with Gasteiger partial charge in [-0.1, -0.05) is 0 Å². The molecule has 0 amide bonds. The van der Waals surface area contributed by atoms with Crippen molar-refractivity contribution in [3.63, 3.8) is 0 Å². The zero-order valence-corrected chi connectivity index (χ0v) is 4.26. The Balaban J connectivity index is 3.12. The third-order valence-electron chi connectivity index (χ3n) is 0.623. The van der Waals surface area contributed by atoms with Crippen molar-refractivity contribution >= 4 is 17.7 Å². The minimum atomic E-state index is 0.321. The molecule has 0 unspecified atom stereocenters. The Labute approximate surface area is 45.8 Å². The van der Waals surface area contributed by atoms with Crippen LogP contribution in [0.25, 0.3) is 0 Å². The molecule has 0 bridgehead atoms. The fourth-order valence-corrected chi connectivity index (χ4v) is 0.394. The molecule has 1 heterocycles. The van der Waals surface area contributed by atoms with E-state index in [1.807, 2.05) is 0 Å². The lowest BCUT2D eigenvalue weighted by Gasteiger charge is -1.83. The second kappa shape index (κ2) is 1.42. The molecule has 1 aromatic rings. The van der Waals surface area contributed by atoms with Crippen LogP contribution in [0.1, 0.15) is 0 Å². The molecule has 0 aliphatic heterocycles. The zero-order chi connectivity index (χ0) is 5.28. The van der Waals surface area contributed by atoms with E-state index in [2.05, 4.69) is 4.98 Å². The van der Waals surface area contributed by atoms with Crippen molar-refractivity contribution in [2.45, 2.75) is 0 Å². The quantitative estimate of drug-likeness (QED) is 0.537. The summed E-state index contributed by atoms with van der Waals surface area (Å²) in [6.07, 6.45) is 3.10. The van der Waals surface area contributed by atoms with Crippen LogP contribution in [-0.2, 0) is 0 Å². The Kier molecular flexibility index (Phi) is 0.906. The largest absolute Gasteiger partial charge is 0.368 e. The predicted molar refractivity (Wildman–Crippen MR) is 27.9 cm³/mol. The number of hydrogen-bond acceptors (Lipinski definition) is 2. The smallest absolute Gasteiger partial charge is 0.215 e. The van der Waals surface area contributed by atoms with Gasteiger partial charge >= 0.3 is 0 Å².